The predicted octanol–water partition coefficient (Wildman–Crippen LogP) is 6.84. The Bertz CT molecular complexity index is 1560. The zero-order valence-electron chi connectivity index (χ0n) is 22.5. The number of aromatic nitrogens is 2. The van der Waals surface area contributed by atoms with Gasteiger partial charge in [-0.05, 0) is 79.8 Å². The second-order valence-electron chi connectivity index (χ2n) is 9.07. The number of hydrogen-bond donors (Lipinski definition) is 0. The molecule has 4 aromatic rings. The number of ether oxygens (including phenoxy) is 3. The van der Waals surface area contributed by atoms with Gasteiger partial charge in [0.2, 0.25) is 0 Å². The zero-order valence-corrected chi connectivity index (χ0v) is 23.3. The van der Waals surface area contributed by atoms with Crippen LogP contribution in [0.4, 0.5) is 0 Å². The van der Waals surface area contributed by atoms with Crippen molar-refractivity contribution in [1.29, 1.82) is 0 Å². The summed E-state index contributed by atoms with van der Waals surface area (Å²) in [6.07, 6.45) is 1.57. The van der Waals surface area contributed by atoms with E-state index in [1.807, 2.05) is 51.1 Å². The van der Waals surface area contributed by atoms with Crippen molar-refractivity contribution in [3.05, 3.63) is 80.6 Å². The molecule has 0 aliphatic heterocycles. The molecule has 0 atom stereocenters. The third-order valence-electron chi connectivity index (χ3n) is 6.13. The molecule has 38 heavy (non-hydrogen) atoms. The molecule has 1 heterocycles. The lowest BCUT2D eigenvalue weighted by molar-refractivity contribution is 0.311. The van der Waals surface area contributed by atoms with Gasteiger partial charge < -0.3 is 14.2 Å². The van der Waals surface area contributed by atoms with Crippen LogP contribution in [0.25, 0.3) is 22.3 Å². The summed E-state index contributed by atoms with van der Waals surface area (Å²) in [4.78, 5) is 18.6. The van der Waals surface area contributed by atoms with Crippen LogP contribution in [-0.2, 0) is 0 Å². The Kier molecular flexibility index (Phi) is 8.37. The van der Waals surface area contributed by atoms with Crippen LogP contribution in [-0.4, -0.2) is 36.2 Å². The molecule has 1 aromatic heterocycles. The first-order chi connectivity index (χ1) is 18.3. The monoisotopic (exact) mass is 533 g/mol. The average Bonchev–Trinajstić information content (AvgIpc) is 2.88. The van der Waals surface area contributed by atoms with Crippen molar-refractivity contribution in [2.45, 2.75) is 40.5 Å². The van der Waals surface area contributed by atoms with Crippen LogP contribution in [0, 0.1) is 6.92 Å². The van der Waals surface area contributed by atoms with Crippen molar-refractivity contribution in [2.75, 3.05) is 20.3 Å². The van der Waals surface area contributed by atoms with E-state index in [4.69, 9.17) is 30.8 Å². The van der Waals surface area contributed by atoms with E-state index < -0.39 is 0 Å². The summed E-state index contributed by atoms with van der Waals surface area (Å²) in [5, 5.41) is 5.46. The molecule has 8 heteroatoms. The molecule has 0 N–H and O–H groups in total. The molecule has 0 fully saturated rings. The van der Waals surface area contributed by atoms with E-state index in [1.54, 1.807) is 24.4 Å². The van der Waals surface area contributed by atoms with Gasteiger partial charge in [-0.3, -0.25) is 4.79 Å². The number of methoxy groups -OCH3 is 1. The van der Waals surface area contributed by atoms with E-state index in [9.17, 15) is 4.79 Å². The number of fused-ring (bicyclic) bond motifs is 1. The first kappa shape index (κ1) is 27.2. The molecular formula is C30H32ClN3O4. The van der Waals surface area contributed by atoms with Gasteiger partial charge in [0.25, 0.3) is 5.56 Å². The molecule has 0 unspecified atom stereocenters. The molecule has 198 valence electrons. The maximum Gasteiger partial charge on any atom is 0.282 e. The number of benzene rings is 3. The van der Waals surface area contributed by atoms with E-state index in [1.165, 1.54) is 11.8 Å². The van der Waals surface area contributed by atoms with Crippen LogP contribution in [0.3, 0.4) is 0 Å². The van der Waals surface area contributed by atoms with Crippen molar-refractivity contribution < 1.29 is 14.2 Å². The van der Waals surface area contributed by atoms with E-state index in [0.717, 1.165) is 22.4 Å². The van der Waals surface area contributed by atoms with Gasteiger partial charge in [-0.1, -0.05) is 37.6 Å². The van der Waals surface area contributed by atoms with Crippen molar-refractivity contribution in [1.82, 2.24) is 9.66 Å². The van der Waals surface area contributed by atoms with Crippen molar-refractivity contribution in [3.63, 3.8) is 0 Å². The Balaban J connectivity index is 1.95. The highest BCUT2D eigenvalue weighted by Crippen LogP contribution is 2.36. The summed E-state index contributed by atoms with van der Waals surface area (Å²) in [5.74, 6) is 2.42. The second kappa shape index (κ2) is 11.7. The Morgan fingerprint density at radius 3 is 2.45 bits per heavy atom. The first-order valence-corrected chi connectivity index (χ1v) is 13.0. The van der Waals surface area contributed by atoms with Crippen LogP contribution in [0.5, 0.6) is 17.2 Å². The maximum atomic E-state index is 13.7. The summed E-state index contributed by atoms with van der Waals surface area (Å²) in [7, 11) is 1.54. The van der Waals surface area contributed by atoms with Crippen LogP contribution < -0.4 is 19.8 Å². The van der Waals surface area contributed by atoms with Gasteiger partial charge in [-0.25, -0.2) is 4.98 Å². The summed E-state index contributed by atoms with van der Waals surface area (Å²) in [6, 6.07) is 14.8. The lowest BCUT2D eigenvalue weighted by Gasteiger charge is -2.18. The number of rotatable bonds is 9. The minimum absolute atomic E-state index is 0.207. The average molecular weight is 534 g/mol. The van der Waals surface area contributed by atoms with Gasteiger partial charge in [0.15, 0.2) is 17.3 Å². The third kappa shape index (κ3) is 5.38. The van der Waals surface area contributed by atoms with Gasteiger partial charge >= 0.3 is 0 Å². The quantitative estimate of drug-likeness (QED) is 0.220. The normalized spacial score (nSPS) is 11.5. The molecule has 0 spiro atoms. The number of halogens is 1. The molecule has 4 rings (SSSR count). The number of hydrogen-bond acceptors (Lipinski definition) is 6. The summed E-state index contributed by atoms with van der Waals surface area (Å²) >= 11 is 6.44. The van der Waals surface area contributed by atoms with Crippen molar-refractivity contribution >= 4 is 28.7 Å². The smallest absolute Gasteiger partial charge is 0.282 e. The van der Waals surface area contributed by atoms with Gasteiger partial charge in [0.1, 0.15) is 5.75 Å². The van der Waals surface area contributed by atoms with Gasteiger partial charge in [0, 0.05) is 5.56 Å². The van der Waals surface area contributed by atoms with Crippen molar-refractivity contribution in [2.24, 2.45) is 5.10 Å². The third-order valence-corrected chi connectivity index (χ3v) is 6.41. The van der Waals surface area contributed by atoms with Crippen molar-refractivity contribution in [3.8, 4) is 28.6 Å². The Hall–Kier alpha value is -3.84. The van der Waals surface area contributed by atoms with E-state index in [0.29, 0.717) is 52.0 Å². The minimum Gasteiger partial charge on any atom is -0.494 e. The van der Waals surface area contributed by atoms with Gasteiger partial charge in [0.05, 0.1) is 42.5 Å². The van der Waals surface area contributed by atoms with E-state index >= 15 is 0 Å². The molecule has 0 bridgehead atoms. The molecule has 0 aliphatic rings. The Morgan fingerprint density at radius 2 is 1.76 bits per heavy atom. The number of para-hydroxylation sites is 1. The Morgan fingerprint density at radius 1 is 1.05 bits per heavy atom. The fraction of sp³-hybridized carbons (Fsp3) is 0.300. The highest BCUT2D eigenvalue weighted by Gasteiger charge is 2.19. The second-order valence-corrected chi connectivity index (χ2v) is 9.48. The topological polar surface area (TPSA) is 74.9 Å². The largest absolute Gasteiger partial charge is 0.494 e. The molecule has 0 aliphatic carbocycles. The van der Waals surface area contributed by atoms with Crippen LogP contribution >= 0.6 is 11.6 Å². The zero-order chi connectivity index (χ0) is 27.4. The lowest BCUT2D eigenvalue weighted by atomic mass is 9.96. The molecule has 0 saturated carbocycles. The molecule has 7 nitrogen and oxygen atoms in total. The number of aryl methyl sites for hydroxylation is 1. The Labute approximate surface area is 227 Å². The summed E-state index contributed by atoms with van der Waals surface area (Å²) in [5.41, 5.74) is 3.75. The van der Waals surface area contributed by atoms with Crippen LogP contribution in [0.2, 0.25) is 5.02 Å². The predicted molar refractivity (Wildman–Crippen MR) is 154 cm³/mol. The fourth-order valence-electron chi connectivity index (χ4n) is 4.32. The highest BCUT2D eigenvalue weighted by molar-refractivity contribution is 6.32. The van der Waals surface area contributed by atoms with Crippen LogP contribution in [0.15, 0.2) is 58.4 Å². The fourth-order valence-corrected chi connectivity index (χ4v) is 4.62. The minimum atomic E-state index is -0.272. The lowest BCUT2D eigenvalue weighted by Crippen LogP contribution is -2.21. The van der Waals surface area contributed by atoms with E-state index in [-0.39, 0.29) is 11.5 Å². The summed E-state index contributed by atoms with van der Waals surface area (Å²) < 4.78 is 18.3. The summed E-state index contributed by atoms with van der Waals surface area (Å²) in [6.45, 7) is 11.1. The SMILES string of the molecule is CCOc1cc(C)c(-c2nc3ccccc3c(=O)n2N=Cc2cc(Cl)c(OC)c(OCC)c2)cc1C(C)C. The molecule has 0 radical (unpaired) electrons. The highest BCUT2D eigenvalue weighted by atomic mass is 35.5. The van der Waals surface area contributed by atoms with Crippen LogP contribution in [0.1, 0.15) is 50.3 Å². The molecule has 0 amide bonds. The first-order valence-electron chi connectivity index (χ1n) is 12.6. The van der Waals surface area contributed by atoms with E-state index in [2.05, 4.69) is 18.9 Å². The number of nitrogens with zero attached hydrogens (tertiary/aromatic N) is 3. The van der Waals surface area contributed by atoms with Gasteiger partial charge in [-0.15, -0.1) is 0 Å². The molecular weight excluding hydrogens is 502 g/mol. The van der Waals surface area contributed by atoms with Gasteiger partial charge in [-0.2, -0.15) is 9.78 Å². The molecule has 0 saturated heterocycles. The standard InChI is InChI=1S/C30H32ClN3O4/c1-7-37-26-13-19(5)23(16-22(26)18(3)4)29-33-25-12-10-9-11-21(25)30(35)34(29)32-17-20-14-24(31)28(36-6)27(15-20)38-8-2/h9-18H,7-8H2,1-6H3. The maximum absolute atomic E-state index is 13.7. The molecule has 3 aromatic carbocycles.